The number of hydrogen-bond acceptors (Lipinski definition) is 4. The molecule has 3 aromatic rings. The van der Waals surface area contributed by atoms with Crippen LogP contribution < -0.4 is 5.43 Å². The zero-order valence-corrected chi connectivity index (χ0v) is 12.4. The van der Waals surface area contributed by atoms with Gasteiger partial charge < -0.3 is 8.98 Å². The summed E-state index contributed by atoms with van der Waals surface area (Å²) in [6.07, 6.45) is 1.57. The lowest BCUT2D eigenvalue weighted by atomic mass is 10.3. The second-order valence-electron chi connectivity index (χ2n) is 4.94. The molecule has 0 atom stereocenters. The highest BCUT2D eigenvalue weighted by atomic mass is 16.3. The van der Waals surface area contributed by atoms with Crippen LogP contribution in [0.2, 0.25) is 0 Å². The number of hydrazone groups is 1. The normalized spacial score (nSPS) is 11.8. The van der Waals surface area contributed by atoms with E-state index in [2.05, 4.69) is 15.5 Å². The van der Waals surface area contributed by atoms with E-state index in [0.717, 1.165) is 16.9 Å². The summed E-state index contributed by atoms with van der Waals surface area (Å²) >= 11 is 0. The van der Waals surface area contributed by atoms with E-state index in [4.69, 9.17) is 4.42 Å². The number of aromatic nitrogens is 2. The average molecular weight is 296 g/mol. The summed E-state index contributed by atoms with van der Waals surface area (Å²) in [4.78, 5) is 16.5. The Morgan fingerprint density at radius 2 is 2.14 bits per heavy atom. The number of carbonyl (C=O) groups excluding carboxylic acids is 1. The summed E-state index contributed by atoms with van der Waals surface area (Å²) in [7, 11) is 0. The molecule has 0 unspecified atom stereocenters. The van der Waals surface area contributed by atoms with Crippen LogP contribution in [0.1, 0.15) is 18.5 Å². The second-order valence-corrected chi connectivity index (χ2v) is 4.94. The first-order valence-corrected chi connectivity index (χ1v) is 6.94. The van der Waals surface area contributed by atoms with Crippen molar-refractivity contribution in [2.75, 3.05) is 0 Å². The lowest BCUT2D eigenvalue weighted by Gasteiger charge is -2.06. The molecule has 3 rings (SSSR count). The van der Waals surface area contributed by atoms with E-state index in [9.17, 15) is 4.79 Å². The van der Waals surface area contributed by atoms with Crippen molar-refractivity contribution >= 4 is 22.7 Å². The SMILES string of the molecule is C/C(=N\NC(=O)Cn1c(C)nc2ccccc21)c1ccco1. The van der Waals surface area contributed by atoms with E-state index in [-0.39, 0.29) is 12.5 Å². The number of carbonyl (C=O) groups is 1. The van der Waals surface area contributed by atoms with Gasteiger partial charge in [0, 0.05) is 0 Å². The summed E-state index contributed by atoms with van der Waals surface area (Å²) in [6, 6.07) is 11.3. The number of para-hydroxylation sites is 2. The van der Waals surface area contributed by atoms with Gasteiger partial charge in [-0.05, 0) is 38.1 Å². The molecule has 0 bridgehead atoms. The van der Waals surface area contributed by atoms with Gasteiger partial charge in [-0.2, -0.15) is 5.10 Å². The van der Waals surface area contributed by atoms with Crippen molar-refractivity contribution in [3.63, 3.8) is 0 Å². The molecule has 1 amide bonds. The quantitative estimate of drug-likeness (QED) is 0.594. The average Bonchev–Trinajstić information content (AvgIpc) is 3.14. The lowest BCUT2D eigenvalue weighted by Crippen LogP contribution is -2.24. The summed E-state index contributed by atoms with van der Waals surface area (Å²) < 4.78 is 7.08. The highest BCUT2D eigenvalue weighted by Crippen LogP contribution is 2.15. The smallest absolute Gasteiger partial charge is 0.260 e. The maximum Gasteiger partial charge on any atom is 0.260 e. The van der Waals surface area contributed by atoms with Crippen LogP contribution in [-0.4, -0.2) is 21.2 Å². The predicted octanol–water partition coefficient (Wildman–Crippen LogP) is 2.48. The Morgan fingerprint density at radius 3 is 2.91 bits per heavy atom. The molecular weight excluding hydrogens is 280 g/mol. The molecule has 0 aliphatic heterocycles. The summed E-state index contributed by atoms with van der Waals surface area (Å²) in [6.45, 7) is 3.82. The predicted molar refractivity (Wildman–Crippen MR) is 83.5 cm³/mol. The Bertz CT molecular complexity index is 831. The fraction of sp³-hybridized carbons (Fsp3) is 0.188. The minimum atomic E-state index is -0.211. The van der Waals surface area contributed by atoms with Gasteiger partial charge in [-0.3, -0.25) is 4.79 Å². The number of furan rings is 1. The van der Waals surface area contributed by atoms with Gasteiger partial charge in [0.15, 0.2) is 0 Å². The van der Waals surface area contributed by atoms with Crippen molar-refractivity contribution in [2.24, 2.45) is 5.10 Å². The van der Waals surface area contributed by atoms with Gasteiger partial charge in [0.1, 0.15) is 23.8 Å². The molecule has 0 saturated heterocycles. The van der Waals surface area contributed by atoms with Crippen LogP contribution in [0.15, 0.2) is 52.2 Å². The summed E-state index contributed by atoms with van der Waals surface area (Å²) in [5.41, 5.74) is 4.97. The molecule has 0 aliphatic rings. The van der Waals surface area contributed by atoms with Gasteiger partial charge in [0.25, 0.3) is 5.91 Å². The molecule has 0 aliphatic carbocycles. The number of nitrogens with one attached hydrogen (secondary N) is 1. The molecule has 0 saturated carbocycles. The molecule has 1 aromatic carbocycles. The van der Waals surface area contributed by atoms with Crippen LogP contribution in [0, 0.1) is 6.92 Å². The number of nitrogens with zero attached hydrogens (tertiary/aromatic N) is 3. The molecule has 112 valence electrons. The van der Waals surface area contributed by atoms with E-state index in [1.54, 1.807) is 25.3 Å². The Balaban J connectivity index is 1.74. The fourth-order valence-corrected chi connectivity index (χ4v) is 2.26. The molecule has 1 N–H and O–H groups in total. The number of rotatable bonds is 4. The number of benzene rings is 1. The van der Waals surface area contributed by atoms with Crippen molar-refractivity contribution < 1.29 is 9.21 Å². The Hall–Kier alpha value is -2.89. The van der Waals surface area contributed by atoms with Crippen LogP contribution in [-0.2, 0) is 11.3 Å². The molecule has 0 spiro atoms. The maximum atomic E-state index is 12.1. The van der Waals surface area contributed by atoms with Crippen LogP contribution >= 0.6 is 0 Å². The van der Waals surface area contributed by atoms with Crippen LogP contribution in [0.4, 0.5) is 0 Å². The van der Waals surface area contributed by atoms with Crippen molar-refractivity contribution in [1.82, 2.24) is 15.0 Å². The molecule has 2 heterocycles. The molecule has 0 fully saturated rings. The Labute approximate surface area is 127 Å². The molecule has 6 nitrogen and oxygen atoms in total. The third-order valence-electron chi connectivity index (χ3n) is 3.37. The molecular formula is C16H16N4O2. The Morgan fingerprint density at radius 1 is 1.32 bits per heavy atom. The van der Waals surface area contributed by atoms with Crippen molar-refractivity contribution in [3.05, 3.63) is 54.2 Å². The van der Waals surface area contributed by atoms with E-state index in [1.165, 1.54) is 0 Å². The van der Waals surface area contributed by atoms with Crippen LogP contribution in [0.3, 0.4) is 0 Å². The number of aryl methyl sites for hydroxylation is 1. The third kappa shape index (κ3) is 2.76. The Kier molecular flexibility index (Phi) is 3.74. The van der Waals surface area contributed by atoms with Gasteiger partial charge in [0.05, 0.1) is 17.3 Å². The van der Waals surface area contributed by atoms with E-state index in [1.807, 2.05) is 35.8 Å². The van der Waals surface area contributed by atoms with E-state index < -0.39 is 0 Å². The minimum absolute atomic E-state index is 0.168. The zero-order valence-electron chi connectivity index (χ0n) is 12.4. The number of hydrogen-bond donors (Lipinski definition) is 1. The number of imidazole rings is 1. The van der Waals surface area contributed by atoms with Crippen molar-refractivity contribution in [3.8, 4) is 0 Å². The minimum Gasteiger partial charge on any atom is -0.463 e. The topological polar surface area (TPSA) is 72.4 Å². The zero-order chi connectivity index (χ0) is 15.5. The van der Waals surface area contributed by atoms with Gasteiger partial charge in [0.2, 0.25) is 0 Å². The largest absolute Gasteiger partial charge is 0.463 e. The fourth-order valence-electron chi connectivity index (χ4n) is 2.26. The molecule has 0 radical (unpaired) electrons. The van der Waals surface area contributed by atoms with Gasteiger partial charge >= 0.3 is 0 Å². The summed E-state index contributed by atoms with van der Waals surface area (Å²) in [5, 5.41) is 4.05. The van der Waals surface area contributed by atoms with Gasteiger partial charge in [-0.1, -0.05) is 12.1 Å². The van der Waals surface area contributed by atoms with Crippen molar-refractivity contribution in [1.29, 1.82) is 0 Å². The first kappa shape index (κ1) is 14.1. The standard InChI is InChI=1S/C16H16N4O2/c1-11(15-8-5-9-22-15)18-19-16(21)10-20-12(2)17-13-6-3-4-7-14(13)20/h3-9H,10H2,1-2H3,(H,19,21)/b18-11+. The van der Waals surface area contributed by atoms with E-state index in [0.29, 0.717) is 11.5 Å². The molecule has 22 heavy (non-hydrogen) atoms. The van der Waals surface area contributed by atoms with Crippen LogP contribution in [0.25, 0.3) is 11.0 Å². The highest BCUT2D eigenvalue weighted by Gasteiger charge is 2.10. The van der Waals surface area contributed by atoms with E-state index >= 15 is 0 Å². The van der Waals surface area contributed by atoms with Crippen molar-refractivity contribution in [2.45, 2.75) is 20.4 Å². The highest BCUT2D eigenvalue weighted by molar-refractivity contribution is 5.96. The first-order chi connectivity index (χ1) is 10.6. The third-order valence-corrected chi connectivity index (χ3v) is 3.37. The molecule has 6 heteroatoms. The maximum absolute atomic E-state index is 12.1. The van der Waals surface area contributed by atoms with Crippen LogP contribution in [0.5, 0.6) is 0 Å². The summed E-state index contributed by atoms with van der Waals surface area (Å²) in [5.74, 6) is 1.21. The number of amides is 1. The lowest BCUT2D eigenvalue weighted by molar-refractivity contribution is -0.121. The van der Waals surface area contributed by atoms with Gasteiger partial charge in [-0.15, -0.1) is 0 Å². The van der Waals surface area contributed by atoms with Gasteiger partial charge in [-0.25, -0.2) is 10.4 Å². The first-order valence-electron chi connectivity index (χ1n) is 6.94. The second kappa shape index (κ2) is 5.85. The number of fused-ring (bicyclic) bond motifs is 1. The monoisotopic (exact) mass is 296 g/mol. The molecule has 2 aromatic heterocycles.